The molecule has 0 aromatic heterocycles. The maximum absolute atomic E-state index is 12.0. The Hall–Kier alpha value is -2.37. The van der Waals surface area contributed by atoms with Gasteiger partial charge in [-0.15, -0.1) is 0 Å². The highest BCUT2D eigenvalue weighted by atomic mass is 16.2. The average Bonchev–Trinajstić information content (AvgIpc) is 3.17. The van der Waals surface area contributed by atoms with E-state index in [2.05, 4.69) is 16.0 Å². The van der Waals surface area contributed by atoms with Crippen molar-refractivity contribution < 1.29 is 14.4 Å². The van der Waals surface area contributed by atoms with Gasteiger partial charge in [0.25, 0.3) is 5.91 Å². The number of anilines is 1. The topological polar surface area (TPSA) is 87.3 Å². The lowest BCUT2D eigenvalue weighted by atomic mass is 10.1. The van der Waals surface area contributed by atoms with Gasteiger partial charge in [0.2, 0.25) is 11.8 Å². The van der Waals surface area contributed by atoms with Gasteiger partial charge < -0.3 is 16.0 Å². The zero-order chi connectivity index (χ0) is 14.8. The van der Waals surface area contributed by atoms with Gasteiger partial charge in [-0.25, -0.2) is 0 Å². The van der Waals surface area contributed by atoms with Gasteiger partial charge in [-0.3, -0.25) is 14.4 Å². The second-order valence-electron chi connectivity index (χ2n) is 5.52. The Morgan fingerprint density at radius 2 is 2.05 bits per heavy atom. The highest BCUT2D eigenvalue weighted by Crippen LogP contribution is 2.20. The van der Waals surface area contributed by atoms with Gasteiger partial charge in [0.05, 0.1) is 5.92 Å². The van der Waals surface area contributed by atoms with Gasteiger partial charge in [0.1, 0.15) is 0 Å². The van der Waals surface area contributed by atoms with E-state index in [-0.39, 0.29) is 30.1 Å². The Bertz CT molecular complexity index is 596. The Morgan fingerprint density at radius 1 is 1.24 bits per heavy atom. The van der Waals surface area contributed by atoms with E-state index in [9.17, 15) is 14.4 Å². The number of benzene rings is 1. The number of rotatable bonds is 4. The van der Waals surface area contributed by atoms with E-state index in [0.717, 1.165) is 12.8 Å². The molecule has 1 heterocycles. The van der Waals surface area contributed by atoms with Crippen molar-refractivity contribution in [2.45, 2.75) is 25.3 Å². The van der Waals surface area contributed by atoms with Crippen LogP contribution >= 0.6 is 0 Å². The van der Waals surface area contributed by atoms with Crippen LogP contribution in [0.3, 0.4) is 0 Å². The Labute approximate surface area is 122 Å². The molecule has 1 saturated carbocycles. The minimum absolute atomic E-state index is 0.104. The molecule has 1 atom stereocenters. The predicted molar refractivity (Wildman–Crippen MR) is 76.7 cm³/mol. The lowest BCUT2D eigenvalue weighted by Gasteiger charge is -2.10. The van der Waals surface area contributed by atoms with Crippen molar-refractivity contribution in [2.75, 3.05) is 11.9 Å². The largest absolute Gasteiger partial charge is 0.355 e. The van der Waals surface area contributed by atoms with E-state index in [0.29, 0.717) is 23.8 Å². The third-order valence-electron chi connectivity index (χ3n) is 3.65. The number of hydrogen-bond acceptors (Lipinski definition) is 3. The number of carbonyl (C=O) groups is 3. The van der Waals surface area contributed by atoms with E-state index in [1.165, 1.54) is 0 Å². The molecule has 1 unspecified atom stereocenters. The molecule has 110 valence electrons. The van der Waals surface area contributed by atoms with E-state index in [1.54, 1.807) is 24.3 Å². The molecular weight excluding hydrogens is 270 g/mol. The Kier molecular flexibility index (Phi) is 3.60. The molecule has 0 spiro atoms. The molecule has 3 rings (SSSR count). The SMILES string of the molecule is O=C1CC(C(=O)Nc2cccc(C(=O)NC3CC3)c2)CN1. The van der Waals surface area contributed by atoms with Crippen LogP contribution in [-0.2, 0) is 9.59 Å². The molecule has 21 heavy (non-hydrogen) atoms. The first-order chi connectivity index (χ1) is 10.1. The van der Waals surface area contributed by atoms with E-state index >= 15 is 0 Å². The monoisotopic (exact) mass is 287 g/mol. The molecule has 6 nitrogen and oxygen atoms in total. The van der Waals surface area contributed by atoms with Crippen molar-refractivity contribution in [1.82, 2.24) is 10.6 Å². The smallest absolute Gasteiger partial charge is 0.251 e. The summed E-state index contributed by atoms with van der Waals surface area (Å²) in [5, 5.41) is 8.29. The van der Waals surface area contributed by atoms with Gasteiger partial charge in [-0.1, -0.05) is 6.07 Å². The Balaban J connectivity index is 1.63. The van der Waals surface area contributed by atoms with Crippen LogP contribution in [0.4, 0.5) is 5.69 Å². The molecule has 2 aliphatic rings. The molecule has 1 saturated heterocycles. The van der Waals surface area contributed by atoms with Gasteiger partial charge in [-0.2, -0.15) is 0 Å². The van der Waals surface area contributed by atoms with Crippen molar-refractivity contribution in [2.24, 2.45) is 5.92 Å². The van der Waals surface area contributed by atoms with Crippen molar-refractivity contribution in [1.29, 1.82) is 0 Å². The summed E-state index contributed by atoms with van der Waals surface area (Å²) in [7, 11) is 0. The van der Waals surface area contributed by atoms with Crippen LogP contribution < -0.4 is 16.0 Å². The third-order valence-corrected chi connectivity index (χ3v) is 3.65. The fraction of sp³-hybridized carbons (Fsp3) is 0.400. The van der Waals surface area contributed by atoms with Crippen LogP contribution in [0.2, 0.25) is 0 Å². The van der Waals surface area contributed by atoms with E-state index < -0.39 is 0 Å². The van der Waals surface area contributed by atoms with Gasteiger partial charge in [0, 0.05) is 30.3 Å². The van der Waals surface area contributed by atoms with Gasteiger partial charge in [-0.05, 0) is 31.0 Å². The molecular formula is C15H17N3O3. The van der Waals surface area contributed by atoms with Crippen LogP contribution in [0, 0.1) is 5.92 Å². The minimum atomic E-state index is -0.346. The van der Waals surface area contributed by atoms with E-state index in [4.69, 9.17) is 0 Å². The van der Waals surface area contributed by atoms with Crippen LogP contribution in [-0.4, -0.2) is 30.3 Å². The number of nitrogens with one attached hydrogen (secondary N) is 3. The molecule has 2 fully saturated rings. The minimum Gasteiger partial charge on any atom is -0.355 e. The zero-order valence-corrected chi connectivity index (χ0v) is 11.5. The highest BCUT2D eigenvalue weighted by Gasteiger charge is 2.28. The second kappa shape index (κ2) is 5.55. The lowest BCUT2D eigenvalue weighted by Crippen LogP contribution is -2.26. The standard InChI is InChI=1S/C15H17N3O3/c19-13-7-10(8-16-13)15(21)18-12-3-1-2-9(6-12)14(20)17-11-4-5-11/h1-3,6,10-11H,4-5,7-8H2,(H,16,19)(H,17,20)(H,18,21). The molecule has 1 aliphatic carbocycles. The molecule has 3 amide bonds. The summed E-state index contributed by atoms with van der Waals surface area (Å²) in [6.45, 7) is 0.368. The maximum Gasteiger partial charge on any atom is 0.251 e. The summed E-state index contributed by atoms with van der Waals surface area (Å²) in [5.41, 5.74) is 1.10. The van der Waals surface area contributed by atoms with Crippen LogP contribution in [0.15, 0.2) is 24.3 Å². The number of amides is 3. The van der Waals surface area contributed by atoms with Gasteiger partial charge >= 0.3 is 0 Å². The van der Waals surface area contributed by atoms with Crippen molar-refractivity contribution in [3.8, 4) is 0 Å². The molecule has 0 radical (unpaired) electrons. The normalized spacial score (nSPS) is 20.8. The van der Waals surface area contributed by atoms with Crippen molar-refractivity contribution in [3.05, 3.63) is 29.8 Å². The Morgan fingerprint density at radius 3 is 2.71 bits per heavy atom. The molecule has 6 heteroatoms. The fourth-order valence-corrected chi connectivity index (χ4v) is 2.27. The van der Waals surface area contributed by atoms with Crippen LogP contribution in [0.5, 0.6) is 0 Å². The predicted octanol–water partition coefficient (Wildman–Crippen LogP) is 0.653. The van der Waals surface area contributed by atoms with Crippen molar-refractivity contribution in [3.63, 3.8) is 0 Å². The fourth-order valence-electron chi connectivity index (χ4n) is 2.27. The summed E-state index contributed by atoms with van der Waals surface area (Å²) < 4.78 is 0. The summed E-state index contributed by atoms with van der Waals surface area (Å²) >= 11 is 0. The lowest BCUT2D eigenvalue weighted by molar-refractivity contribution is -0.123. The quantitative estimate of drug-likeness (QED) is 0.760. The van der Waals surface area contributed by atoms with Crippen molar-refractivity contribution >= 4 is 23.4 Å². The molecule has 3 N–H and O–H groups in total. The molecule has 0 bridgehead atoms. The number of hydrogen-bond donors (Lipinski definition) is 3. The third kappa shape index (κ3) is 3.39. The first-order valence-electron chi connectivity index (χ1n) is 7.10. The molecule has 1 aromatic rings. The summed E-state index contributed by atoms with van der Waals surface area (Å²) in [6, 6.07) is 7.13. The summed E-state index contributed by atoms with van der Waals surface area (Å²) in [5.74, 6) is -0.770. The average molecular weight is 287 g/mol. The zero-order valence-electron chi connectivity index (χ0n) is 11.5. The maximum atomic E-state index is 12.0. The second-order valence-corrected chi connectivity index (χ2v) is 5.52. The summed E-state index contributed by atoms with van der Waals surface area (Å²) in [6.07, 6.45) is 2.28. The number of carbonyl (C=O) groups excluding carboxylic acids is 3. The first kappa shape index (κ1) is 13.6. The van der Waals surface area contributed by atoms with Gasteiger partial charge in [0.15, 0.2) is 0 Å². The van der Waals surface area contributed by atoms with E-state index in [1.807, 2.05) is 0 Å². The molecule has 1 aliphatic heterocycles. The summed E-state index contributed by atoms with van der Waals surface area (Å²) in [4.78, 5) is 35.1. The first-order valence-corrected chi connectivity index (χ1v) is 7.10. The highest BCUT2D eigenvalue weighted by molar-refractivity contribution is 5.99. The molecule has 1 aromatic carbocycles. The van der Waals surface area contributed by atoms with Crippen LogP contribution in [0.1, 0.15) is 29.6 Å². The van der Waals surface area contributed by atoms with Crippen LogP contribution in [0.25, 0.3) is 0 Å².